The van der Waals surface area contributed by atoms with Crippen LogP contribution in [0.3, 0.4) is 0 Å². The summed E-state index contributed by atoms with van der Waals surface area (Å²) in [6, 6.07) is 23.4. The Balaban J connectivity index is 1.46. The van der Waals surface area contributed by atoms with Gasteiger partial charge in [-0.1, -0.05) is 42.5 Å². The van der Waals surface area contributed by atoms with Crippen LogP contribution >= 0.6 is 0 Å². The van der Waals surface area contributed by atoms with Gasteiger partial charge in [0.1, 0.15) is 11.5 Å². The number of fused-ring (bicyclic) bond motifs is 3. The number of rotatable bonds is 4. The van der Waals surface area contributed by atoms with E-state index in [0.717, 1.165) is 29.2 Å². The van der Waals surface area contributed by atoms with Crippen molar-refractivity contribution in [2.45, 2.75) is 18.4 Å². The number of anilines is 1. The van der Waals surface area contributed by atoms with Gasteiger partial charge in [0.2, 0.25) is 0 Å². The minimum Gasteiger partial charge on any atom is -0.478 e. The summed E-state index contributed by atoms with van der Waals surface area (Å²) >= 11 is 0. The van der Waals surface area contributed by atoms with Crippen LogP contribution in [0.4, 0.5) is 5.69 Å². The summed E-state index contributed by atoms with van der Waals surface area (Å²) in [5, 5.41) is 12.8. The van der Waals surface area contributed by atoms with E-state index in [1.54, 1.807) is 12.1 Å². The molecule has 3 aromatic carbocycles. The fourth-order valence-corrected chi connectivity index (χ4v) is 4.42. The Labute approximate surface area is 169 Å². The van der Waals surface area contributed by atoms with Gasteiger partial charge in [-0.3, -0.25) is 0 Å². The molecule has 2 aliphatic rings. The molecular formula is C25H21NO3. The Morgan fingerprint density at radius 2 is 1.76 bits per heavy atom. The summed E-state index contributed by atoms with van der Waals surface area (Å²) in [7, 11) is 0. The molecule has 4 nitrogen and oxygen atoms in total. The highest BCUT2D eigenvalue weighted by atomic mass is 16.5. The van der Waals surface area contributed by atoms with Crippen molar-refractivity contribution in [2.75, 3.05) is 5.32 Å². The van der Waals surface area contributed by atoms with Crippen LogP contribution in [0.5, 0.6) is 11.5 Å². The van der Waals surface area contributed by atoms with Crippen molar-refractivity contribution in [1.29, 1.82) is 0 Å². The van der Waals surface area contributed by atoms with Crippen LogP contribution < -0.4 is 10.1 Å². The molecular weight excluding hydrogens is 362 g/mol. The molecule has 144 valence electrons. The summed E-state index contributed by atoms with van der Waals surface area (Å²) in [6.45, 7) is 0. The van der Waals surface area contributed by atoms with E-state index < -0.39 is 5.97 Å². The Morgan fingerprint density at radius 3 is 2.52 bits per heavy atom. The maximum absolute atomic E-state index is 11.2. The lowest BCUT2D eigenvalue weighted by molar-refractivity contribution is 0.0697. The molecule has 0 saturated carbocycles. The number of carboxylic acids is 1. The number of carboxylic acid groups (broad SMARTS) is 1. The van der Waals surface area contributed by atoms with E-state index in [1.165, 1.54) is 5.56 Å². The lowest BCUT2D eigenvalue weighted by Gasteiger charge is -2.37. The zero-order valence-corrected chi connectivity index (χ0v) is 15.8. The molecule has 5 rings (SSSR count). The Kier molecular flexibility index (Phi) is 4.32. The first-order chi connectivity index (χ1) is 14.2. The molecule has 1 heterocycles. The molecule has 0 aromatic heterocycles. The number of allylic oxidation sites excluding steroid dienone is 2. The van der Waals surface area contributed by atoms with E-state index in [-0.39, 0.29) is 6.04 Å². The number of hydrogen-bond donors (Lipinski definition) is 2. The van der Waals surface area contributed by atoms with Gasteiger partial charge >= 0.3 is 5.97 Å². The summed E-state index contributed by atoms with van der Waals surface area (Å²) in [6.07, 6.45) is 5.52. The molecule has 2 N–H and O–H groups in total. The second-order valence-electron chi connectivity index (χ2n) is 7.57. The topological polar surface area (TPSA) is 58.6 Å². The Morgan fingerprint density at radius 1 is 0.966 bits per heavy atom. The minimum absolute atomic E-state index is 0.145. The van der Waals surface area contributed by atoms with Gasteiger partial charge in [0.25, 0.3) is 0 Å². The first kappa shape index (κ1) is 17.6. The lowest BCUT2D eigenvalue weighted by atomic mass is 9.77. The number of benzene rings is 3. The fraction of sp³-hybridized carbons (Fsp3) is 0.160. The largest absolute Gasteiger partial charge is 0.478 e. The van der Waals surface area contributed by atoms with Crippen LogP contribution in [0.2, 0.25) is 0 Å². The molecule has 0 bridgehead atoms. The predicted octanol–water partition coefficient (Wildman–Crippen LogP) is 6.00. The monoisotopic (exact) mass is 383 g/mol. The van der Waals surface area contributed by atoms with Crippen molar-refractivity contribution in [1.82, 2.24) is 0 Å². The summed E-state index contributed by atoms with van der Waals surface area (Å²) in [5.41, 5.74) is 3.78. The van der Waals surface area contributed by atoms with E-state index >= 15 is 0 Å². The quantitative estimate of drug-likeness (QED) is 0.542. The molecule has 0 spiro atoms. The van der Waals surface area contributed by atoms with Gasteiger partial charge in [-0.2, -0.15) is 0 Å². The second-order valence-corrected chi connectivity index (χ2v) is 7.57. The van der Waals surface area contributed by atoms with E-state index in [9.17, 15) is 4.79 Å². The number of nitrogens with one attached hydrogen (secondary N) is 1. The van der Waals surface area contributed by atoms with Crippen molar-refractivity contribution in [3.05, 3.63) is 102 Å². The van der Waals surface area contributed by atoms with Gasteiger partial charge in [0, 0.05) is 11.6 Å². The predicted molar refractivity (Wildman–Crippen MR) is 113 cm³/mol. The zero-order chi connectivity index (χ0) is 19.8. The summed E-state index contributed by atoms with van der Waals surface area (Å²) < 4.78 is 6.03. The zero-order valence-electron chi connectivity index (χ0n) is 15.8. The maximum Gasteiger partial charge on any atom is 0.335 e. The van der Waals surface area contributed by atoms with Crippen molar-refractivity contribution in [2.24, 2.45) is 5.92 Å². The number of hydrogen-bond acceptors (Lipinski definition) is 3. The molecule has 0 fully saturated rings. The van der Waals surface area contributed by atoms with Crippen molar-refractivity contribution >= 4 is 11.7 Å². The van der Waals surface area contributed by atoms with Crippen molar-refractivity contribution < 1.29 is 14.6 Å². The van der Waals surface area contributed by atoms with Crippen LogP contribution in [0.25, 0.3) is 0 Å². The second kappa shape index (κ2) is 7.13. The molecule has 1 aliphatic heterocycles. The molecule has 4 heteroatoms. The third kappa shape index (κ3) is 3.27. The SMILES string of the molecule is O=C(O)c1ccc([C@H]2Nc3ccc(Oc4ccccc4)cc3C3C=CCC32)cc1. The highest BCUT2D eigenvalue weighted by Crippen LogP contribution is 2.50. The first-order valence-corrected chi connectivity index (χ1v) is 9.82. The van der Waals surface area contributed by atoms with Gasteiger partial charge in [-0.25, -0.2) is 4.79 Å². The normalized spacial score (nSPS) is 21.7. The van der Waals surface area contributed by atoms with E-state index in [4.69, 9.17) is 9.84 Å². The molecule has 0 saturated heterocycles. The molecule has 2 unspecified atom stereocenters. The van der Waals surface area contributed by atoms with Crippen molar-refractivity contribution in [3.8, 4) is 11.5 Å². The molecule has 0 radical (unpaired) electrons. The van der Waals surface area contributed by atoms with Crippen LogP contribution in [0, 0.1) is 5.92 Å². The highest BCUT2D eigenvalue weighted by molar-refractivity contribution is 5.87. The summed E-state index contributed by atoms with van der Waals surface area (Å²) in [5.74, 6) is 1.47. The lowest BCUT2D eigenvalue weighted by Crippen LogP contribution is -2.29. The van der Waals surface area contributed by atoms with Crippen molar-refractivity contribution in [3.63, 3.8) is 0 Å². The Bertz CT molecular complexity index is 1070. The van der Waals surface area contributed by atoms with Gasteiger partial charge in [0.05, 0.1) is 11.6 Å². The molecule has 1 aliphatic carbocycles. The average Bonchev–Trinajstić information content (AvgIpc) is 3.24. The van der Waals surface area contributed by atoms with Crippen LogP contribution in [-0.2, 0) is 0 Å². The average molecular weight is 383 g/mol. The van der Waals surface area contributed by atoms with Gasteiger partial charge in [-0.15, -0.1) is 0 Å². The number of aromatic carboxylic acids is 1. The smallest absolute Gasteiger partial charge is 0.335 e. The van der Waals surface area contributed by atoms with Crippen LogP contribution in [0.1, 0.15) is 39.9 Å². The molecule has 3 atom stereocenters. The van der Waals surface area contributed by atoms with E-state index in [2.05, 4.69) is 29.6 Å². The number of ether oxygens (including phenoxy) is 1. The third-order valence-electron chi connectivity index (χ3n) is 5.83. The van der Waals surface area contributed by atoms with Gasteiger partial charge in [-0.05, 0) is 65.9 Å². The van der Waals surface area contributed by atoms with E-state index in [1.807, 2.05) is 48.5 Å². The first-order valence-electron chi connectivity index (χ1n) is 9.82. The Hall–Kier alpha value is -3.53. The van der Waals surface area contributed by atoms with Crippen LogP contribution in [-0.4, -0.2) is 11.1 Å². The fourth-order valence-electron chi connectivity index (χ4n) is 4.42. The number of carbonyl (C=O) groups is 1. The summed E-state index contributed by atoms with van der Waals surface area (Å²) in [4.78, 5) is 11.2. The molecule has 29 heavy (non-hydrogen) atoms. The van der Waals surface area contributed by atoms with E-state index in [0.29, 0.717) is 17.4 Å². The minimum atomic E-state index is -0.898. The molecule has 3 aromatic rings. The van der Waals surface area contributed by atoms with Gasteiger partial charge in [0.15, 0.2) is 0 Å². The number of para-hydroxylation sites is 1. The van der Waals surface area contributed by atoms with Gasteiger partial charge < -0.3 is 15.2 Å². The maximum atomic E-state index is 11.2. The standard InChI is InChI=1S/C25H21NO3/c27-25(28)17-11-9-16(10-12-17)24-21-8-4-7-20(21)22-15-19(13-14-23(22)26-24)29-18-5-2-1-3-6-18/h1-7,9-15,20-21,24,26H,8H2,(H,27,28)/t20?,21?,24-/m1/s1. The van der Waals surface area contributed by atoms with Crippen LogP contribution in [0.15, 0.2) is 84.9 Å². The molecule has 0 amide bonds. The third-order valence-corrected chi connectivity index (χ3v) is 5.83. The highest BCUT2D eigenvalue weighted by Gasteiger charge is 2.38.